The Hall–Kier alpha value is -3.81. The molecule has 3 aromatic rings. The first-order valence-electron chi connectivity index (χ1n) is 10.6. The summed E-state index contributed by atoms with van der Waals surface area (Å²) < 4.78 is 33.9. The Bertz CT molecular complexity index is 1190. The first kappa shape index (κ1) is 22.4. The van der Waals surface area contributed by atoms with Gasteiger partial charge in [-0.25, -0.2) is 8.78 Å². The zero-order valence-electron chi connectivity index (χ0n) is 18.0. The fourth-order valence-corrected chi connectivity index (χ4v) is 3.78. The highest BCUT2D eigenvalue weighted by atomic mass is 19.1. The Morgan fingerprint density at radius 3 is 2.70 bits per heavy atom. The van der Waals surface area contributed by atoms with E-state index in [0.29, 0.717) is 24.1 Å². The van der Waals surface area contributed by atoms with Gasteiger partial charge in [-0.15, -0.1) is 0 Å². The molecule has 2 heterocycles. The zero-order chi connectivity index (χ0) is 23.4. The molecule has 0 saturated heterocycles. The highest BCUT2D eigenvalue weighted by Gasteiger charge is 2.30. The largest absolute Gasteiger partial charge is 0.492 e. The van der Waals surface area contributed by atoms with Crippen LogP contribution in [0.4, 0.5) is 14.5 Å². The molecule has 2 amide bonds. The van der Waals surface area contributed by atoms with Crippen molar-refractivity contribution in [3.8, 4) is 5.75 Å². The van der Waals surface area contributed by atoms with Gasteiger partial charge in [0.25, 0.3) is 5.91 Å². The number of rotatable bonds is 6. The third kappa shape index (κ3) is 5.16. The van der Waals surface area contributed by atoms with E-state index in [2.05, 4.69) is 15.6 Å². The second kappa shape index (κ2) is 9.77. The number of nitrogens with one attached hydrogen (secondary N) is 2. The minimum atomic E-state index is -0.620. The summed E-state index contributed by atoms with van der Waals surface area (Å²) in [6.07, 6.45) is 2.71. The number of aromatic nitrogens is 1. The van der Waals surface area contributed by atoms with E-state index in [-0.39, 0.29) is 41.6 Å². The molecule has 1 atom stereocenters. The van der Waals surface area contributed by atoms with Crippen molar-refractivity contribution >= 4 is 17.5 Å². The lowest BCUT2D eigenvalue weighted by Crippen LogP contribution is -2.33. The van der Waals surface area contributed by atoms with Crippen LogP contribution in [0.1, 0.15) is 46.1 Å². The van der Waals surface area contributed by atoms with Crippen LogP contribution in [0.3, 0.4) is 0 Å². The lowest BCUT2D eigenvalue weighted by molar-refractivity contribution is -0.122. The third-order valence-corrected chi connectivity index (χ3v) is 5.47. The molecule has 1 unspecified atom stereocenters. The number of pyridine rings is 1. The van der Waals surface area contributed by atoms with Crippen molar-refractivity contribution < 1.29 is 23.1 Å². The number of nitrogens with zero attached hydrogens (tertiary/aromatic N) is 1. The highest BCUT2D eigenvalue weighted by Crippen LogP contribution is 2.37. The minimum Gasteiger partial charge on any atom is -0.492 e. The van der Waals surface area contributed by atoms with Crippen LogP contribution in [0.25, 0.3) is 0 Å². The summed E-state index contributed by atoms with van der Waals surface area (Å²) in [5, 5.41) is 5.54. The number of hydrogen-bond donors (Lipinski definition) is 2. The van der Waals surface area contributed by atoms with Crippen molar-refractivity contribution in [1.82, 2.24) is 10.3 Å². The molecule has 0 bridgehead atoms. The quantitative estimate of drug-likeness (QED) is 0.579. The molecule has 2 aromatic carbocycles. The molecule has 8 heteroatoms. The van der Waals surface area contributed by atoms with Gasteiger partial charge in [0.05, 0.1) is 23.8 Å². The number of amides is 2. The van der Waals surface area contributed by atoms with Crippen molar-refractivity contribution in [1.29, 1.82) is 0 Å². The predicted molar refractivity (Wildman–Crippen MR) is 119 cm³/mol. The van der Waals surface area contributed by atoms with Gasteiger partial charge < -0.3 is 15.4 Å². The number of carbonyl (C=O) groups is 2. The third-order valence-electron chi connectivity index (χ3n) is 5.47. The molecule has 6 nitrogen and oxygen atoms in total. The van der Waals surface area contributed by atoms with Gasteiger partial charge in [-0.05, 0) is 61.4 Å². The summed E-state index contributed by atoms with van der Waals surface area (Å²) in [4.78, 5) is 29.6. The topological polar surface area (TPSA) is 80.3 Å². The lowest BCUT2D eigenvalue weighted by atomic mass is 9.96. The van der Waals surface area contributed by atoms with Crippen molar-refractivity contribution in [3.05, 3.63) is 88.7 Å². The SMILES string of the molecule is Cc1cc(NC(=O)c2ccc(F)c3c2OCCC3NC(=O)CCc2ccccn2)ccc1F. The highest BCUT2D eigenvalue weighted by molar-refractivity contribution is 6.06. The molecular weight excluding hydrogens is 428 g/mol. The summed E-state index contributed by atoms with van der Waals surface area (Å²) >= 11 is 0. The number of benzene rings is 2. The zero-order valence-corrected chi connectivity index (χ0v) is 18.0. The Morgan fingerprint density at radius 1 is 1.12 bits per heavy atom. The Kier molecular flexibility index (Phi) is 6.63. The van der Waals surface area contributed by atoms with Gasteiger partial charge in [0.1, 0.15) is 17.4 Å². The monoisotopic (exact) mass is 451 g/mol. The number of carbonyl (C=O) groups excluding carboxylic acids is 2. The maximum atomic E-state index is 14.8. The first-order chi connectivity index (χ1) is 15.9. The summed E-state index contributed by atoms with van der Waals surface area (Å²) in [6, 6.07) is 11.6. The van der Waals surface area contributed by atoms with Gasteiger partial charge >= 0.3 is 0 Å². The number of aryl methyl sites for hydroxylation is 2. The van der Waals surface area contributed by atoms with Crippen LogP contribution in [0, 0.1) is 18.6 Å². The van der Waals surface area contributed by atoms with Gasteiger partial charge in [-0.3, -0.25) is 14.6 Å². The van der Waals surface area contributed by atoms with E-state index in [0.717, 1.165) is 5.69 Å². The van der Waals surface area contributed by atoms with Crippen molar-refractivity contribution in [2.24, 2.45) is 0 Å². The van der Waals surface area contributed by atoms with E-state index in [4.69, 9.17) is 4.74 Å². The molecule has 1 aromatic heterocycles. The number of fused-ring (bicyclic) bond motifs is 1. The number of halogens is 2. The molecule has 0 fully saturated rings. The Balaban J connectivity index is 1.51. The van der Waals surface area contributed by atoms with Crippen molar-refractivity contribution in [2.75, 3.05) is 11.9 Å². The molecule has 1 aliphatic rings. The van der Waals surface area contributed by atoms with Crippen molar-refractivity contribution in [2.45, 2.75) is 32.2 Å². The van der Waals surface area contributed by atoms with Gasteiger partial charge in [-0.1, -0.05) is 6.07 Å². The van der Waals surface area contributed by atoms with E-state index < -0.39 is 17.8 Å². The maximum absolute atomic E-state index is 14.8. The molecule has 33 heavy (non-hydrogen) atoms. The van der Waals surface area contributed by atoms with Crippen LogP contribution < -0.4 is 15.4 Å². The fraction of sp³-hybridized carbons (Fsp3) is 0.240. The van der Waals surface area contributed by atoms with Gasteiger partial charge in [-0.2, -0.15) is 0 Å². The molecule has 2 N–H and O–H groups in total. The van der Waals surface area contributed by atoms with Crippen LogP contribution in [0.2, 0.25) is 0 Å². The molecule has 170 valence electrons. The number of hydrogen-bond acceptors (Lipinski definition) is 4. The summed E-state index contributed by atoms with van der Waals surface area (Å²) in [5.74, 6) is -1.59. The number of ether oxygens (including phenoxy) is 1. The van der Waals surface area contributed by atoms with Crippen LogP contribution in [0.15, 0.2) is 54.7 Å². The molecule has 1 aliphatic heterocycles. The fourth-order valence-electron chi connectivity index (χ4n) is 3.78. The Morgan fingerprint density at radius 2 is 1.94 bits per heavy atom. The second-order valence-corrected chi connectivity index (χ2v) is 7.83. The second-order valence-electron chi connectivity index (χ2n) is 7.83. The number of anilines is 1. The van der Waals surface area contributed by atoms with Gasteiger partial charge in [0.2, 0.25) is 5.91 Å². The molecule has 0 spiro atoms. The normalized spacial score (nSPS) is 14.7. The molecule has 4 rings (SSSR count). The van der Waals surface area contributed by atoms with Crippen LogP contribution >= 0.6 is 0 Å². The standard InChI is InChI=1S/C25H23F2N3O3/c1-15-14-17(5-8-19(15)26)29-25(32)18-7-9-20(27)23-21(11-13-33-24(18)23)30-22(31)10-6-16-4-2-3-12-28-16/h2-5,7-9,12,14,21H,6,10-11,13H2,1H3,(H,29,32)(H,30,31). The van der Waals surface area contributed by atoms with Crippen molar-refractivity contribution in [3.63, 3.8) is 0 Å². The smallest absolute Gasteiger partial charge is 0.259 e. The Labute approximate surface area is 190 Å². The van der Waals surface area contributed by atoms with Gasteiger partial charge in [0, 0.05) is 30.4 Å². The molecule has 0 saturated carbocycles. The van der Waals surface area contributed by atoms with Gasteiger partial charge in [0.15, 0.2) is 0 Å². The lowest BCUT2D eigenvalue weighted by Gasteiger charge is -2.28. The van der Waals surface area contributed by atoms with E-state index in [9.17, 15) is 18.4 Å². The molecule has 0 radical (unpaired) electrons. The maximum Gasteiger partial charge on any atom is 0.259 e. The average molecular weight is 451 g/mol. The minimum absolute atomic E-state index is 0.104. The van der Waals surface area contributed by atoms with E-state index in [1.807, 2.05) is 12.1 Å². The van der Waals surface area contributed by atoms with Crippen LogP contribution in [0.5, 0.6) is 5.75 Å². The van der Waals surface area contributed by atoms with Crippen LogP contribution in [-0.4, -0.2) is 23.4 Å². The first-order valence-corrected chi connectivity index (χ1v) is 10.6. The average Bonchev–Trinajstić information content (AvgIpc) is 2.81. The van der Waals surface area contributed by atoms with E-state index in [1.54, 1.807) is 19.2 Å². The van der Waals surface area contributed by atoms with Crippen LogP contribution in [-0.2, 0) is 11.2 Å². The molecule has 0 aliphatic carbocycles. The van der Waals surface area contributed by atoms with E-state index in [1.165, 1.54) is 30.3 Å². The summed E-state index contributed by atoms with van der Waals surface area (Å²) in [5.41, 5.74) is 1.88. The predicted octanol–water partition coefficient (Wildman–Crippen LogP) is 4.49. The summed E-state index contributed by atoms with van der Waals surface area (Å²) in [7, 11) is 0. The van der Waals surface area contributed by atoms with E-state index >= 15 is 0 Å². The summed E-state index contributed by atoms with van der Waals surface area (Å²) in [6.45, 7) is 1.81. The molecular formula is C25H23F2N3O3.